The summed E-state index contributed by atoms with van der Waals surface area (Å²) >= 11 is 0. The van der Waals surface area contributed by atoms with E-state index in [1.54, 1.807) is 6.92 Å². The summed E-state index contributed by atoms with van der Waals surface area (Å²) in [5.41, 5.74) is 5.20. The van der Waals surface area contributed by atoms with E-state index in [2.05, 4.69) is 19.2 Å². The number of nitrogens with one attached hydrogen (secondary N) is 1. The van der Waals surface area contributed by atoms with Crippen LogP contribution in [0.25, 0.3) is 0 Å². The first kappa shape index (κ1) is 17.4. The fraction of sp³-hybridized carbons (Fsp3) is 0.929. The average molecular weight is 258 g/mol. The highest BCUT2D eigenvalue weighted by Gasteiger charge is 2.31. The average Bonchev–Trinajstić information content (AvgIpc) is 2.34. The van der Waals surface area contributed by atoms with Crippen molar-refractivity contribution in [1.29, 1.82) is 0 Å². The van der Waals surface area contributed by atoms with E-state index in [9.17, 15) is 4.79 Å². The Morgan fingerprint density at radius 1 is 1.22 bits per heavy atom. The Kier molecular flexibility index (Phi) is 7.48. The summed E-state index contributed by atoms with van der Waals surface area (Å²) in [7, 11) is 0. The van der Waals surface area contributed by atoms with Crippen molar-refractivity contribution in [2.45, 2.75) is 65.3 Å². The second-order valence-corrected chi connectivity index (χ2v) is 5.53. The van der Waals surface area contributed by atoms with Gasteiger partial charge in [0.05, 0.1) is 5.54 Å². The Bertz CT molecular complexity index is 248. The van der Waals surface area contributed by atoms with E-state index in [-0.39, 0.29) is 17.9 Å². The summed E-state index contributed by atoms with van der Waals surface area (Å²) in [5, 5.41) is 12.1. The monoisotopic (exact) mass is 258 g/mol. The van der Waals surface area contributed by atoms with Crippen molar-refractivity contribution in [1.82, 2.24) is 5.32 Å². The van der Waals surface area contributed by atoms with Crippen LogP contribution in [0.3, 0.4) is 0 Å². The van der Waals surface area contributed by atoms with Gasteiger partial charge in [0.15, 0.2) is 0 Å². The molecule has 0 spiro atoms. The lowest BCUT2D eigenvalue weighted by Crippen LogP contribution is -2.53. The molecule has 0 aliphatic carbocycles. The van der Waals surface area contributed by atoms with Crippen molar-refractivity contribution in [2.75, 3.05) is 13.2 Å². The Morgan fingerprint density at radius 3 is 2.17 bits per heavy atom. The largest absolute Gasteiger partial charge is 0.396 e. The van der Waals surface area contributed by atoms with Crippen LogP contribution in [0.5, 0.6) is 0 Å². The van der Waals surface area contributed by atoms with Gasteiger partial charge < -0.3 is 16.2 Å². The zero-order valence-electron chi connectivity index (χ0n) is 12.4. The summed E-state index contributed by atoms with van der Waals surface area (Å²) in [5.74, 6) is -0.0893. The maximum absolute atomic E-state index is 12.0. The third kappa shape index (κ3) is 4.94. The predicted molar refractivity (Wildman–Crippen MR) is 75.2 cm³/mol. The van der Waals surface area contributed by atoms with Gasteiger partial charge >= 0.3 is 0 Å². The molecule has 4 N–H and O–H groups in total. The number of hydrogen-bond donors (Lipinski definition) is 3. The molecule has 0 radical (unpaired) electrons. The van der Waals surface area contributed by atoms with Gasteiger partial charge in [-0.25, -0.2) is 0 Å². The topological polar surface area (TPSA) is 75.4 Å². The van der Waals surface area contributed by atoms with Gasteiger partial charge in [0.25, 0.3) is 0 Å². The lowest BCUT2D eigenvalue weighted by molar-refractivity contribution is -0.126. The molecule has 0 rings (SSSR count). The van der Waals surface area contributed by atoms with Gasteiger partial charge in [-0.3, -0.25) is 4.79 Å². The molecular weight excluding hydrogens is 228 g/mol. The number of carbonyl (C=O) groups excluding carboxylic acids is 1. The van der Waals surface area contributed by atoms with E-state index in [4.69, 9.17) is 10.8 Å². The summed E-state index contributed by atoms with van der Waals surface area (Å²) in [6.07, 6.45) is 4.18. The number of hydrogen-bond acceptors (Lipinski definition) is 3. The lowest BCUT2D eigenvalue weighted by atomic mass is 9.79. The van der Waals surface area contributed by atoms with Crippen molar-refractivity contribution in [3.05, 3.63) is 0 Å². The minimum absolute atomic E-state index is 0.00724. The van der Waals surface area contributed by atoms with Crippen LogP contribution in [0.4, 0.5) is 0 Å². The maximum atomic E-state index is 12.0. The molecule has 1 amide bonds. The Morgan fingerprint density at radius 2 is 1.78 bits per heavy atom. The van der Waals surface area contributed by atoms with Crippen LogP contribution in [0.15, 0.2) is 0 Å². The minimum Gasteiger partial charge on any atom is -0.396 e. The summed E-state index contributed by atoms with van der Waals surface area (Å²) in [6, 6.07) is 0. The standard InChI is InChI=1S/C14H30N2O2/c1-5-8-13(4,15)12(18)16-11-14(6-2,7-3)9-10-17/h17H,5-11,15H2,1-4H3,(H,16,18). The molecule has 0 fully saturated rings. The molecule has 4 heteroatoms. The second-order valence-electron chi connectivity index (χ2n) is 5.53. The molecule has 0 bridgehead atoms. The highest BCUT2D eigenvalue weighted by molar-refractivity contribution is 5.85. The summed E-state index contributed by atoms with van der Waals surface area (Å²) in [4.78, 5) is 12.0. The summed E-state index contributed by atoms with van der Waals surface area (Å²) < 4.78 is 0. The number of nitrogens with two attached hydrogens (primary N) is 1. The molecule has 0 aliphatic rings. The predicted octanol–water partition coefficient (Wildman–Crippen LogP) is 1.81. The van der Waals surface area contributed by atoms with Gasteiger partial charge in [-0.05, 0) is 38.0 Å². The van der Waals surface area contributed by atoms with Gasteiger partial charge in [0.1, 0.15) is 0 Å². The number of rotatable bonds is 9. The molecule has 0 aromatic rings. The molecule has 18 heavy (non-hydrogen) atoms. The fourth-order valence-corrected chi connectivity index (χ4v) is 2.28. The normalized spacial score (nSPS) is 15.2. The van der Waals surface area contributed by atoms with Crippen LogP contribution >= 0.6 is 0 Å². The van der Waals surface area contributed by atoms with Crippen LogP contribution in [-0.4, -0.2) is 29.7 Å². The number of aliphatic hydroxyl groups excluding tert-OH is 1. The third-order valence-electron chi connectivity index (χ3n) is 4.05. The number of aliphatic hydroxyl groups is 1. The van der Waals surface area contributed by atoms with Gasteiger partial charge in [-0.15, -0.1) is 0 Å². The molecule has 108 valence electrons. The highest BCUT2D eigenvalue weighted by Crippen LogP contribution is 2.29. The Hall–Kier alpha value is -0.610. The molecule has 0 aromatic heterocycles. The zero-order valence-corrected chi connectivity index (χ0v) is 12.4. The van der Waals surface area contributed by atoms with E-state index in [1.165, 1.54) is 0 Å². The van der Waals surface area contributed by atoms with Crippen LogP contribution in [0.1, 0.15) is 59.8 Å². The molecule has 0 aromatic carbocycles. The van der Waals surface area contributed by atoms with Gasteiger partial charge in [0, 0.05) is 13.2 Å². The quantitative estimate of drug-likeness (QED) is 0.590. The SMILES string of the molecule is CCCC(C)(N)C(=O)NCC(CC)(CC)CCO. The van der Waals surface area contributed by atoms with Crippen molar-refractivity contribution < 1.29 is 9.90 Å². The van der Waals surface area contributed by atoms with Gasteiger partial charge in [-0.1, -0.05) is 27.2 Å². The van der Waals surface area contributed by atoms with Crippen LogP contribution in [-0.2, 0) is 4.79 Å². The number of amides is 1. The van der Waals surface area contributed by atoms with Crippen LogP contribution in [0, 0.1) is 5.41 Å². The Balaban J connectivity index is 4.48. The zero-order chi connectivity index (χ0) is 14.2. The first-order chi connectivity index (χ1) is 8.37. The van der Waals surface area contributed by atoms with Crippen molar-refractivity contribution in [3.63, 3.8) is 0 Å². The molecule has 0 heterocycles. The Labute approximate surface area is 111 Å². The number of carbonyl (C=O) groups is 1. The molecule has 0 saturated heterocycles. The molecule has 0 aliphatic heterocycles. The molecule has 1 atom stereocenters. The highest BCUT2D eigenvalue weighted by atomic mass is 16.3. The summed E-state index contributed by atoms with van der Waals surface area (Å²) in [6.45, 7) is 8.74. The van der Waals surface area contributed by atoms with E-state index >= 15 is 0 Å². The van der Waals surface area contributed by atoms with Gasteiger partial charge in [0.2, 0.25) is 5.91 Å². The second kappa shape index (κ2) is 7.74. The smallest absolute Gasteiger partial charge is 0.239 e. The molecule has 1 unspecified atom stereocenters. The van der Waals surface area contributed by atoms with E-state index < -0.39 is 5.54 Å². The molecular formula is C14H30N2O2. The fourth-order valence-electron chi connectivity index (χ4n) is 2.28. The molecule has 0 saturated carbocycles. The molecule has 4 nitrogen and oxygen atoms in total. The minimum atomic E-state index is -0.790. The van der Waals surface area contributed by atoms with Crippen LogP contribution in [0.2, 0.25) is 0 Å². The van der Waals surface area contributed by atoms with Crippen LogP contribution < -0.4 is 11.1 Å². The van der Waals surface area contributed by atoms with E-state index in [0.29, 0.717) is 13.0 Å². The first-order valence-electron chi connectivity index (χ1n) is 7.05. The van der Waals surface area contributed by atoms with Gasteiger partial charge in [-0.2, -0.15) is 0 Å². The third-order valence-corrected chi connectivity index (χ3v) is 4.05. The lowest BCUT2D eigenvalue weighted by Gasteiger charge is -2.33. The van der Waals surface area contributed by atoms with Crippen molar-refractivity contribution in [3.8, 4) is 0 Å². The first-order valence-corrected chi connectivity index (χ1v) is 7.05. The maximum Gasteiger partial charge on any atom is 0.239 e. The van der Waals surface area contributed by atoms with Crippen molar-refractivity contribution >= 4 is 5.91 Å². The van der Waals surface area contributed by atoms with Crippen molar-refractivity contribution in [2.24, 2.45) is 11.1 Å². The van der Waals surface area contributed by atoms with E-state index in [1.807, 2.05) is 6.92 Å². The van der Waals surface area contributed by atoms with E-state index in [0.717, 1.165) is 25.7 Å².